The van der Waals surface area contributed by atoms with E-state index >= 15 is 0 Å². The van der Waals surface area contributed by atoms with Crippen molar-refractivity contribution in [3.05, 3.63) is 24.5 Å². The highest BCUT2D eigenvalue weighted by atomic mass is 16.6. The van der Waals surface area contributed by atoms with E-state index in [0.717, 1.165) is 11.8 Å². The number of hydrogen-bond acceptors (Lipinski definition) is 4. The quantitative estimate of drug-likeness (QED) is 0.441. The molecule has 0 aromatic heterocycles. The van der Waals surface area contributed by atoms with E-state index in [0.29, 0.717) is 6.42 Å². The van der Waals surface area contributed by atoms with Crippen molar-refractivity contribution in [1.29, 1.82) is 0 Å². The van der Waals surface area contributed by atoms with Gasteiger partial charge in [-0.3, -0.25) is 4.90 Å². The minimum atomic E-state index is -1.07. The second-order valence-corrected chi connectivity index (χ2v) is 7.61. The summed E-state index contributed by atoms with van der Waals surface area (Å²) in [6, 6.07) is 0. The van der Waals surface area contributed by atoms with Crippen LogP contribution in [0.3, 0.4) is 0 Å². The lowest BCUT2D eigenvalue weighted by molar-refractivity contribution is -0.149. The Bertz CT molecular complexity index is 512. The molecule has 5 nitrogen and oxygen atoms in total. The predicted molar refractivity (Wildman–Crippen MR) is 89.5 cm³/mol. The molecule has 130 valence electrons. The monoisotopic (exact) mass is 323 g/mol. The number of rotatable bonds is 4. The SMILES string of the molecule is C=COC(=O)N1[C@@H](C(C)(C)C)OC(=O)[C@@]1(CC=C(C)C)C(C)C. The lowest BCUT2D eigenvalue weighted by atomic mass is 9.80. The minimum Gasteiger partial charge on any atom is -0.439 e. The summed E-state index contributed by atoms with van der Waals surface area (Å²) in [7, 11) is 0. The van der Waals surface area contributed by atoms with Crippen LogP contribution in [-0.4, -0.2) is 28.7 Å². The zero-order valence-electron chi connectivity index (χ0n) is 15.3. The third-order valence-electron chi connectivity index (χ3n) is 4.13. The summed E-state index contributed by atoms with van der Waals surface area (Å²) >= 11 is 0. The molecule has 0 saturated carbocycles. The van der Waals surface area contributed by atoms with Crippen molar-refractivity contribution < 1.29 is 19.1 Å². The molecule has 0 aliphatic carbocycles. The molecule has 1 fully saturated rings. The number of allylic oxidation sites excluding steroid dienone is 1. The molecule has 2 atom stereocenters. The van der Waals surface area contributed by atoms with Crippen LogP contribution in [0.15, 0.2) is 24.5 Å². The van der Waals surface area contributed by atoms with Crippen LogP contribution >= 0.6 is 0 Å². The van der Waals surface area contributed by atoms with Gasteiger partial charge in [-0.2, -0.15) is 0 Å². The zero-order chi connectivity index (χ0) is 18.0. The predicted octanol–water partition coefficient (Wildman–Crippen LogP) is 4.25. The van der Waals surface area contributed by atoms with E-state index in [2.05, 4.69) is 6.58 Å². The minimum absolute atomic E-state index is 0.129. The zero-order valence-corrected chi connectivity index (χ0v) is 15.3. The molecule has 1 saturated heterocycles. The van der Waals surface area contributed by atoms with Crippen LogP contribution in [0.1, 0.15) is 54.9 Å². The van der Waals surface area contributed by atoms with Gasteiger partial charge in [-0.1, -0.05) is 52.8 Å². The normalized spacial score (nSPS) is 24.4. The van der Waals surface area contributed by atoms with Gasteiger partial charge in [0.05, 0.1) is 6.26 Å². The molecule has 1 rings (SSSR count). The Labute approximate surface area is 139 Å². The average Bonchev–Trinajstić information content (AvgIpc) is 2.70. The van der Waals surface area contributed by atoms with Crippen LogP contribution in [0.4, 0.5) is 4.79 Å². The van der Waals surface area contributed by atoms with Gasteiger partial charge in [0.1, 0.15) is 0 Å². The van der Waals surface area contributed by atoms with Crippen molar-refractivity contribution in [2.45, 2.75) is 66.7 Å². The van der Waals surface area contributed by atoms with Gasteiger partial charge in [-0.15, -0.1) is 0 Å². The molecular formula is C18H29NO4. The first-order valence-electron chi connectivity index (χ1n) is 7.93. The molecule has 0 unspecified atom stereocenters. The summed E-state index contributed by atoms with van der Waals surface area (Å²) in [6.07, 6.45) is 2.14. The maximum atomic E-state index is 12.8. The molecule has 0 bridgehead atoms. The van der Waals surface area contributed by atoms with Gasteiger partial charge in [0.15, 0.2) is 11.8 Å². The number of carbonyl (C=O) groups is 2. The smallest absolute Gasteiger partial charge is 0.418 e. The van der Waals surface area contributed by atoms with Gasteiger partial charge in [0.2, 0.25) is 0 Å². The summed E-state index contributed by atoms with van der Waals surface area (Å²) in [5.74, 6) is -0.513. The molecular weight excluding hydrogens is 294 g/mol. The van der Waals surface area contributed by atoms with E-state index in [1.54, 1.807) is 0 Å². The fourth-order valence-corrected chi connectivity index (χ4v) is 2.81. The molecule has 23 heavy (non-hydrogen) atoms. The van der Waals surface area contributed by atoms with Gasteiger partial charge < -0.3 is 9.47 Å². The summed E-state index contributed by atoms with van der Waals surface area (Å²) in [5.41, 5.74) is -0.429. The molecule has 0 N–H and O–H groups in total. The van der Waals surface area contributed by atoms with Crippen molar-refractivity contribution >= 4 is 12.1 Å². The summed E-state index contributed by atoms with van der Waals surface area (Å²) in [4.78, 5) is 26.9. The number of carbonyl (C=O) groups excluding carboxylic acids is 2. The Hall–Kier alpha value is -1.78. The number of nitrogens with zero attached hydrogens (tertiary/aromatic N) is 1. The second kappa shape index (κ2) is 6.77. The first-order chi connectivity index (χ1) is 10.5. The second-order valence-electron chi connectivity index (χ2n) is 7.61. The van der Waals surface area contributed by atoms with Crippen LogP contribution in [0.2, 0.25) is 0 Å². The highest BCUT2D eigenvalue weighted by Gasteiger charge is 2.61. The Balaban J connectivity index is 3.48. The molecule has 0 spiro atoms. The Morgan fingerprint density at radius 2 is 2.00 bits per heavy atom. The topological polar surface area (TPSA) is 55.8 Å². The number of esters is 1. The van der Waals surface area contributed by atoms with E-state index in [4.69, 9.17) is 9.47 Å². The molecule has 5 heteroatoms. The standard InChI is InChI=1S/C18H29NO4/c1-9-22-16(21)19-14(17(6,7)8)23-15(20)18(19,13(4)5)11-10-12(2)3/h9-10,13-14H,1,11H2,2-8H3/t14-,18-/m1/s1. The largest absolute Gasteiger partial charge is 0.439 e. The van der Waals surface area contributed by atoms with Gasteiger partial charge in [0.25, 0.3) is 0 Å². The summed E-state index contributed by atoms with van der Waals surface area (Å²) < 4.78 is 10.6. The highest BCUT2D eigenvalue weighted by molar-refractivity contribution is 5.89. The van der Waals surface area contributed by atoms with Crippen LogP contribution in [0.5, 0.6) is 0 Å². The number of hydrogen-bond donors (Lipinski definition) is 0. The van der Waals surface area contributed by atoms with Crippen molar-refractivity contribution in [1.82, 2.24) is 4.90 Å². The Morgan fingerprint density at radius 3 is 2.39 bits per heavy atom. The van der Waals surface area contributed by atoms with Crippen molar-refractivity contribution in [3.8, 4) is 0 Å². The Morgan fingerprint density at radius 1 is 1.43 bits per heavy atom. The number of cyclic esters (lactones) is 1. The van der Waals surface area contributed by atoms with E-state index in [1.807, 2.05) is 54.5 Å². The van der Waals surface area contributed by atoms with Crippen LogP contribution in [0.25, 0.3) is 0 Å². The fraction of sp³-hybridized carbons (Fsp3) is 0.667. The molecule has 0 radical (unpaired) electrons. The van der Waals surface area contributed by atoms with Crippen LogP contribution < -0.4 is 0 Å². The van der Waals surface area contributed by atoms with Gasteiger partial charge in [-0.05, 0) is 19.8 Å². The summed E-state index contributed by atoms with van der Waals surface area (Å²) in [5, 5.41) is 0. The van der Waals surface area contributed by atoms with Gasteiger partial charge in [-0.25, -0.2) is 9.59 Å². The first-order valence-corrected chi connectivity index (χ1v) is 7.93. The lowest BCUT2D eigenvalue weighted by Gasteiger charge is -2.40. The maximum absolute atomic E-state index is 12.8. The van der Waals surface area contributed by atoms with E-state index < -0.39 is 23.3 Å². The average molecular weight is 323 g/mol. The first kappa shape index (κ1) is 19.3. The highest BCUT2D eigenvalue weighted by Crippen LogP contribution is 2.44. The fourth-order valence-electron chi connectivity index (χ4n) is 2.81. The number of ether oxygens (including phenoxy) is 2. The van der Waals surface area contributed by atoms with E-state index in [9.17, 15) is 9.59 Å². The Kier molecular flexibility index (Phi) is 5.67. The van der Waals surface area contributed by atoms with E-state index in [1.165, 1.54) is 4.90 Å². The number of amides is 1. The molecule has 0 aromatic rings. The third kappa shape index (κ3) is 3.59. The van der Waals surface area contributed by atoms with Crippen molar-refractivity contribution in [2.75, 3.05) is 0 Å². The van der Waals surface area contributed by atoms with Crippen molar-refractivity contribution in [2.24, 2.45) is 11.3 Å². The molecule has 1 heterocycles. The van der Waals surface area contributed by atoms with Gasteiger partial charge >= 0.3 is 12.1 Å². The third-order valence-corrected chi connectivity index (χ3v) is 4.13. The molecule has 1 aliphatic rings. The van der Waals surface area contributed by atoms with E-state index in [-0.39, 0.29) is 11.9 Å². The molecule has 1 aliphatic heterocycles. The van der Waals surface area contributed by atoms with Crippen LogP contribution in [-0.2, 0) is 14.3 Å². The maximum Gasteiger partial charge on any atom is 0.418 e. The molecule has 0 aromatic carbocycles. The van der Waals surface area contributed by atoms with Crippen molar-refractivity contribution in [3.63, 3.8) is 0 Å². The summed E-state index contributed by atoms with van der Waals surface area (Å²) in [6.45, 7) is 17.0. The lowest BCUT2D eigenvalue weighted by Crippen LogP contribution is -2.58. The van der Waals surface area contributed by atoms with Crippen LogP contribution in [0, 0.1) is 11.3 Å². The van der Waals surface area contributed by atoms with Gasteiger partial charge in [0, 0.05) is 11.8 Å². The molecule has 1 amide bonds.